The van der Waals surface area contributed by atoms with Crippen molar-refractivity contribution in [3.05, 3.63) is 24.1 Å². The molecule has 1 aromatic heterocycles. The molecule has 1 rings (SSSR count). The van der Waals surface area contributed by atoms with Crippen LogP contribution in [-0.4, -0.2) is 21.3 Å². The van der Waals surface area contributed by atoms with E-state index in [4.69, 9.17) is 10.5 Å². The quantitative estimate of drug-likeness (QED) is 0.572. The number of hydrogen-bond acceptors (Lipinski definition) is 3. The van der Waals surface area contributed by atoms with Gasteiger partial charge in [-0.15, -0.1) is 0 Å². The van der Waals surface area contributed by atoms with Gasteiger partial charge in [0.2, 0.25) is 5.62 Å². The van der Waals surface area contributed by atoms with Crippen molar-refractivity contribution in [1.29, 1.82) is 5.41 Å². The third-order valence-electron chi connectivity index (χ3n) is 1.16. The van der Waals surface area contributed by atoms with E-state index in [0.29, 0.717) is 6.54 Å². The summed E-state index contributed by atoms with van der Waals surface area (Å²) in [7, 11) is 0. The topological polar surface area (TPSA) is 61.9 Å². The van der Waals surface area contributed by atoms with Crippen molar-refractivity contribution < 1.29 is 5.11 Å². The second-order valence-corrected chi connectivity index (χ2v) is 1.86. The van der Waals surface area contributed by atoms with Crippen molar-refractivity contribution in [2.45, 2.75) is 6.54 Å². The van der Waals surface area contributed by atoms with Crippen molar-refractivity contribution in [2.24, 2.45) is 0 Å². The van der Waals surface area contributed by atoms with E-state index in [-0.39, 0.29) is 12.2 Å². The summed E-state index contributed by atoms with van der Waals surface area (Å²) in [5, 5.41) is 15.7. The first-order valence-electron chi connectivity index (χ1n) is 3.01. The molecular formula is C6H9N3O. The number of rotatable bonds is 2. The van der Waals surface area contributed by atoms with Gasteiger partial charge < -0.3 is 9.67 Å². The molecule has 2 N–H and O–H groups in total. The Labute approximate surface area is 58.3 Å². The van der Waals surface area contributed by atoms with Gasteiger partial charge in [0.1, 0.15) is 0 Å². The van der Waals surface area contributed by atoms with Crippen LogP contribution in [0.1, 0.15) is 0 Å². The SMILES string of the molecule is N=c1ncccn1CCO. The molecule has 1 heterocycles. The average Bonchev–Trinajstić information content (AvgIpc) is 1.94. The highest BCUT2D eigenvalue weighted by atomic mass is 16.3. The van der Waals surface area contributed by atoms with Gasteiger partial charge in [-0.1, -0.05) is 0 Å². The van der Waals surface area contributed by atoms with E-state index < -0.39 is 0 Å². The van der Waals surface area contributed by atoms with Crippen LogP contribution in [0, 0.1) is 5.41 Å². The van der Waals surface area contributed by atoms with Crippen molar-refractivity contribution in [1.82, 2.24) is 9.55 Å². The van der Waals surface area contributed by atoms with Gasteiger partial charge >= 0.3 is 0 Å². The summed E-state index contributed by atoms with van der Waals surface area (Å²) in [6.45, 7) is 0.481. The lowest BCUT2D eigenvalue weighted by molar-refractivity contribution is 0.272. The molecule has 0 fully saturated rings. The van der Waals surface area contributed by atoms with Crippen LogP contribution in [0.5, 0.6) is 0 Å². The minimum absolute atomic E-state index is 0.0439. The molecule has 4 heteroatoms. The Kier molecular flexibility index (Phi) is 2.17. The summed E-state index contributed by atoms with van der Waals surface area (Å²) in [5.74, 6) is 0. The monoisotopic (exact) mass is 139 g/mol. The van der Waals surface area contributed by atoms with Crippen molar-refractivity contribution in [3.63, 3.8) is 0 Å². The van der Waals surface area contributed by atoms with Gasteiger partial charge in [-0.3, -0.25) is 5.41 Å². The Bertz CT molecular complexity index is 255. The highest BCUT2D eigenvalue weighted by Crippen LogP contribution is 1.76. The first-order chi connectivity index (χ1) is 4.84. The summed E-state index contributed by atoms with van der Waals surface area (Å²) >= 11 is 0. The van der Waals surface area contributed by atoms with Crippen molar-refractivity contribution in [3.8, 4) is 0 Å². The van der Waals surface area contributed by atoms with Crippen LogP contribution in [0.3, 0.4) is 0 Å². The van der Waals surface area contributed by atoms with Crippen LogP contribution < -0.4 is 5.62 Å². The Morgan fingerprint density at radius 2 is 2.50 bits per heavy atom. The van der Waals surface area contributed by atoms with E-state index >= 15 is 0 Å². The standard InChI is InChI=1S/C6H9N3O/c7-6-8-2-1-3-9(6)4-5-10/h1-3,7,10H,4-5H2. The van der Waals surface area contributed by atoms with Crippen LogP contribution in [0.2, 0.25) is 0 Å². The summed E-state index contributed by atoms with van der Waals surface area (Å²) in [6, 6.07) is 1.73. The second kappa shape index (κ2) is 3.12. The average molecular weight is 139 g/mol. The Morgan fingerprint density at radius 1 is 1.70 bits per heavy atom. The van der Waals surface area contributed by atoms with Gasteiger partial charge in [0.05, 0.1) is 6.61 Å². The fourth-order valence-electron chi connectivity index (χ4n) is 0.689. The van der Waals surface area contributed by atoms with Gasteiger partial charge in [-0.05, 0) is 6.07 Å². The van der Waals surface area contributed by atoms with Crippen LogP contribution in [0.4, 0.5) is 0 Å². The summed E-state index contributed by atoms with van der Waals surface area (Å²) in [5.41, 5.74) is 0.177. The minimum Gasteiger partial charge on any atom is -0.395 e. The largest absolute Gasteiger partial charge is 0.395 e. The summed E-state index contributed by atoms with van der Waals surface area (Å²) < 4.78 is 1.57. The molecule has 0 saturated heterocycles. The Balaban J connectivity index is 2.92. The van der Waals surface area contributed by atoms with Crippen LogP contribution >= 0.6 is 0 Å². The molecule has 54 valence electrons. The van der Waals surface area contributed by atoms with Gasteiger partial charge in [0.15, 0.2) is 0 Å². The van der Waals surface area contributed by atoms with Crippen molar-refractivity contribution in [2.75, 3.05) is 6.61 Å². The zero-order chi connectivity index (χ0) is 7.40. The summed E-state index contributed by atoms with van der Waals surface area (Å²) in [4.78, 5) is 3.72. The number of aliphatic hydroxyl groups excluding tert-OH is 1. The predicted molar refractivity (Wildman–Crippen MR) is 35.2 cm³/mol. The zero-order valence-electron chi connectivity index (χ0n) is 5.49. The Morgan fingerprint density at radius 3 is 3.10 bits per heavy atom. The van der Waals surface area contributed by atoms with E-state index in [1.54, 1.807) is 23.0 Å². The lowest BCUT2D eigenvalue weighted by Crippen LogP contribution is -2.22. The molecule has 0 aliphatic rings. The molecule has 0 aliphatic carbocycles. The molecule has 0 atom stereocenters. The highest BCUT2D eigenvalue weighted by molar-refractivity contribution is 4.78. The molecule has 1 aromatic rings. The van der Waals surface area contributed by atoms with Gasteiger partial charge in [0, 0.05) is 18.9 Å². The van der Waals surface area contributed by atoms with Crippen LogP contribution in [-0.2, 0) is 6.54 Å². The van der Waals surface area contributed by atoms with E-state index in [9.17, 15) is 0 Å². The molecule has 0 aliphatic heterocycles. The molecule has 0 radical (unpaired) electrons. The van der Waals surface area contributed by atoms with E-state index in [0.717, 1.165) is 0 Å². The van der Waals surface area contributed by atoms with E-state index in [1.807, 2.05) is 0 Å². The number of nitrogens with zero attached hydrogens (tertiary/aromatic N) is 2. The lowest BCUT2D eigenvalue weighted by Gasteiger charge is -2.00. The minimum atomic E-state index is 0.0439. The smallest absolute Gasteiger partial charge is 0.221 e. The maximum atomic E-state index is 8.51. The molecule has 0 amide bonds. The Hall–Kier alpha value is -1.16. The third-order valence-corrected chi connectivity index (χ3v) is 1.16. The first kappa shape index (κ1) is 6.95. The normalized spacial score (nSPS) is 9.70. The number of nitrogens with one attached hydrogen (secondary N) is 1. The van der Waals surface area contributed by atoms with Crippen LogP contribution in [0.25, 0.3) is 0 Å². The molecule has 0 spiro atoms. The second-order valence-electron chi connectivity index (χ2n) is 1.86. The number of hydrogen-bond donors (Lipinski definition) is 2. The van der Waals surface area contributed by atoms with E-state index in [2.05, 4.69) is 4.98 Å². The number of aromatic nitrogens is 2. The molecular weight excluding hydrogens is 130 g/mol. The van der Waals surface area contributed by atoms with Crippen LogP contribution in [0.15, 0.2) is 18.5 Å². The predicted octanol–water partition coefficient (Wildman–Crippen LogP) is -0.645. The van der Waals surface area contributed by atoms with Gasteiger partial charge in [-0.2, -0.15) is 0 Å². The first-order valence-corrected chi connectivity index (χ1v) is 3.01. The maximum absolute atomic E-state index is 8.51. The van der Waals surface area contributed by atoms with Gasteiger partial charge in [-0.25, -0.2) is 4.98 Å². The third kappa shape index (κ3) is 1.41. The fraction of sp³-hybridized carbons (Fsp3) is 0.333. The number of aliphatic hydroxyl groups is 1. The molecule has 10 heavy (non-hydrogen) atoms. The fourth-order valence-corrected chi connectivity index (χ4v) is 0.689. The maximum Gasteiger partial charge on any atom is 0.221 e. The highest BCUT2D eigenvalue weighted by Gasteiger charge is 1.87. The van der Waals surface area contributed by atoms with Gasteiger partial charge in [0.25, 0.3) is 0 Å². The zero-order valence-corrected chi connectivity index (χ0v) is 5.49. The lowest BCUT2D eigenvalue weighted by atomic mass is 10.6. The van der Waals surface area contributed by atoms with Crippen molar-refractivity contribution >= 4 is 0 Å². The molecule has 0 aromatic carbocycles. The molecule has 0 unspecified atom stereocenters. The van der Waals surface area contributed by atoms with E-state index in [1.165, 1.54) is 0 Å². The molecule has 4 nitrogen and oxygen atoms in total. The molecule has 0 saturated carbocycles. The molecule has 0 bridgehead atoms. The summed E-state index contributed by atoms with van der Waals surface area (Å²) in [6.07, 6.45) is 3.27.